The molecule has 0 N–H and O–H groups in total. The second-order valence-corrected chi connectivity index (χ2v) is 13.4. The lowest BCUT2D eigenvalue weighted by Gasteiger charge is -2.21. The van der Waals surface area contributed by atoms with Crippen molar-refractivity contribution in [3.63, 3.8) is 0 Å². The molecule has 0 unspecified atom stereocenters. The van der Waals surface area contributed by atoms with Crippen molar-refractivity contribution in [1.82, 2.24) is 9.55 Å². The quantitative estimate of drug-likeness (QED) is 0.180. The lowest BCUT2D eigenvalue weighted by Crippen LogP contribution is -2.30. The highest BCUT2D eigenvalue weighted by Crippen LogP contribution is 2.43. The highest BCUT2D eigenvalue weighted by Gasteiger charge is 2.34. The molecule has 0 aliphatic heterocycles. The second kappa shape index (κ2) is 11.0. The number of benzene rings is 4. The molecule has 0 atom stereocenters. The molecule has 7 rings (SSSR count). The Morgan fingerprint density at radius 2 is 1.33 bits per heavy atom. The van der Waals surface area contributed by atoms with E-state index in [0.29, 0.717) is 23.5 Å². The van der Waals surface area contributed by atoms with E-state index in [4.69, 9.17) is 9.40 Å². The van der Waals surface area contributed by atoms with Gasteiger partial charge in [0.2, 0.25) is 5.71 Å². The van der Waals surface area contributed by atoms with E-state index in [1.54, 1.807) is 0 Å². The van der Waals surface area contributed by atoms with Crippen LogP contribution in [0.3, 0.4) is 0 Å². The Morgan fingerprint density at radius 1 is 0.689 bits per heavy atom. The van der Waals surface area contributed by atoms with Crippen molar-refractivity contribution in [3.8, 4) is 28.2 Å². The molecule has 4 heteroatoms. The topological polar surface area (TPSA) is 34.8 Å². The van der Waals surface area contributed by atoms with Gasteiger partial charge in [-0.2, -0.15) is 4.57 Å². The van der Waals surface area contributed by atoms with Crippen LogP contribution in [0.1, 0.15) is 81.7 Å². The van der Waals surface area contributed by atoms with Gasteiger partial charge in [-0.05, 0) is 77.8 Å². The zero-order valence-corrected chi connectivity index (χ0v) is 27.6. The van der Waals surface area contributed by atoms with E-state index in [9.17, 15) is 0 Å². The molecule has 45 heavy (non-hydrogen) atoms. The molecule has 3 heterocycles. The number of aryl methyl sites for hydroxylation is 2. The maximum atomic E-state index is 6.75. The second-order valence-electron chi connectivity index (χ2n) is 13.4. The lowest BCUT2D eigenvalue weighted by atomic mass is 9.88. The molecule has 0 radical (unpaired) electrons. The van der Waals surface area contributed by atoms with Crippen LogP contribution in [0.25, 0.3) is 61.3 Å². The average Bonchev–Trinajstić information content (AvgIpc) is 3.55. The predicted octanol–water partition coefficient (Wildman–Crippen LogP) is 10.8. The summed E-state index contributed by atoms with van der Waals surface area (Å²) in [7, 11) is 2.19. The molecule has 7 aromatic rings. The van der Waals surface area contributed by atoms with Crippen LogP contribution in [0.2, 0.25) is 0 Å². The Balaban J connectivity index is 1.62. The summed E-state index contributed by atoms with van der Waals surface area (Å²) in [5, 5.41) is 2.15. The summed E-state index contributed by atoms with van der Waals surface area (Å²) in [6.07, 6.45) is 0. The van der Waals surface area contributed by atoms with E-state index < -0.39 is 0 Å². The fourth-order valence-electron chi connectivity index (χ4n) is 6.87. The number of pyridine rings is 1. The van der Waals surface area contributed by atoms with Crippen LogP contribution in [0.5, 0.6) is 0 Å². The minimum absolute atomic E-state index is 0.308. The Morgan fingerprint density at radius 3 is 2.00 bits per heavy atom. The number of aromatic nitrogens is 3. The van der Waals surface area contributed by atoms with Gasteiger partial charge in [-0.1, -0.05) is 96.1 Å². The Hall–Kier alpha value is -4.70. The number of furan rings is 1. The maximum absolute atomic E-state index is 6.75. The molecule has 0 saturated heterocycles. The van der Waals surface area contributed by atoms with Gasteiger partial charge in [0.05, 0.1) is 7.05 Å². The Kier molecular flexibility index (Phi) is 7.12. The maximum Gasteiger partial charge on any atom is 0.299 e. The molecule has 0 aliphatic carbocycles. The Labute approximate surface area is 266 Å². The predicted molar refractivity (Wildman–Crippen MR) is 187 cm³/mol. The molecule has 226 valence electrons. The summed E-state index contributed by atoms with van der Waals surface area (Å²) < 4.78 is 11.6. The lowest BCUT2D eigenvalue weighted by molar-refractivity contribution is -0.633. The fourth-order valence-corrected chi connectivity index (χ4v) is 6.87. The molecule has 4 nitrogen and oxygen atoms in total. The van der Waals surface area contributed by atoms with E-state index in [1.807, 2.05) is 0 Å². The summed E-state index contributed by atoms with van der Waals surface area (Å²) >= 11 is 0. The van der Waals surface area contributed by atoms with Gasteiger partial charge in [-0.15, -0.1) is 0 Å². The smallest absolute Gasteiger partial charge is 0.299 e. The van der Waals surface area contributed by atoms with Gasteiger partial charge in [-0.25, -0.2) is 9.55 Å². The van der Waals surface area contributed by atoms with Crippen molar-refractivity contribution in [2.75, 3.05) is 0 Å². The summed E-state index contributed by atoms with van der Waals surface area (Å²) in [4.78, 5) is 4.96. The molecule has 0 amide bonds. The molecule has 0 fully saturated rings. The van der Waals surface area contributed by atoms with Crippen LogP contribution in [0.15, 0.2) is 95.4 Å². The van der Waals surface area contributed by atoms with Crippen LogP contribution in [-0.4, -0.2) is 9.55 Å². The Bertz CT molecular complexity index is 2180. The number of hydrogen-bond acceptors (Lipinski definition) is 2. The van der Waals surface area contributed by atoms with Gasteiger partial charge in [0, 0.05) is 27.6 Å². The van der Waals surface area contributed by atoms with Crippen LogP contribution < -0.4 is 4.57 Å². The largest absolute Gasteiger partial charge is 0.437 e. The monoisotopic (exact) mass is 592 g/mol. The molecule has 0 bridgehead atoms. The molecular weight excluding hydrogens is 550 g/mol. The SMILES string of the molecule is Cc1ccc2c(oc3nc(C(C)C)ccc32)c1-c1n(-c2c(C(C)C)cc(-c3ccccc3)cc2C(C)C)c2ccccc2[n+]1C. The van der Waals surface area contributed by atoms with Crippen LogP contribution in [-0.2, 0) is 7.05 Å². The van der Waals surface area contributed by atoms with Crippen molar-refractivity contribution in [2.24, 2.45) is 7.05 Å². The molecule has 0 aliphatic rings. The minimum atomic E-state index is 0.308. The van der Waals surface area contributed by atoms with Crippen LogP contribution >= 0.6 is 0 Å². The molecular formula is C41H42N3O+. The van der Waals surface area contributed by atoms with Gasteiger partial charge in [0.15, 0.2) is 16.6 Å². The van der Waals surface area contributed by atoms with Gasteiger partial charge < -0.3 is 4.42 Å². The van der Waals surface area contributed by atoms with Crippen molar-refractivity contribution in [1.29, 1.82) is 0 Å². The standard InChI is InChI=1S/C41H42N3O/c1-24(2)32-22-29(28-14-10-9-11-15-28)23-33(25(3)4)38(32)44-36-17-13-12-16-35(36)43(8)41(44)37-27(7)18-19-30-31-20-21-34(26(5)6)42-40(31)45-39(30)37/h9-26H,1-8H3/q+1. The zero-order chi connectivity index (χ0) is 31.6. The van der Waals surface area contributed by atoms with Gasteiger partial charge >= 0.3 is 0 Å². The third-order valence-corrected chi connectivity index (χ3v) is 9.31. The first-order valence-corrected chi connectivity index (χ1v) is 16.2. The number of hydrogen-bond donors (Lipinski definition) is 0. The van der Waals surface area contributed by atoms with Crippen molar-refractivity contribution in [2.45, 2.75) is 66.2 Å². The van der Waals surface area contributed by atoms with Crippen molar-refractivity contribution in [3.05, 3.63) is 113 Å². The number of para-hydroxylation sites is 2. The van der Waals surface area contributed by atoms with Crippen LogP contribution in [0, 0.1) is 6.92 Å². The summed E-state index contributed by atoms with van der Waals surface area (Å²) in [5.41, 5.74) is 13.7. The number of fused-ring (bicyclic) bond motifs is 4. The highest BCUT2D eigenvalue weighted by atomic mass is 16.3. The normalized spacial score (nSPS) is 12.2. The van der Waals surface area contributed by atoms with Gasteiger partial charge in [-0.3, -0.25) is 0 Å². The van der Waals surface area contributed by atoms with Gasteiger partial charge in [0.25, 0.3) is 5.82 Å². The molecule has 3 aromatic heterocycles. The third-order valence-electron chi connectivity index (χ3n) is 9.31. The first kappa shape index (κ1) is 29.0. The van der Waals surface area contributed by atoms with E-state index in [2.05, 4.69) is 156 Å². The van der Waals surface area contributed by atoms with Crippen molar-refractivity contribution < 1.29 is 8.98 Å². The van der Waals surface area contributed by atoms with E-state index in [0.717, 1.165) is 33.4 Å². The van der Waals surface area contributed by atoms with E-state index >= 15 is 0 Å². The number of imidazole rings is 1. The highest BCUT2D eigenvalue weighted by molar-refractivity contribution is 6.09. The number of nitrogens with zero attached hydrogens (tertiary/aromatic N) is 3. The zero-order valence-electron chi connectivity index (χ0n) is 27.6. The van der Waals surface area contributed by atoms with Crippen molar-refractivity contribution >= 4 is 33.1 Å². The number of rotatable bonds is 6. The van der Waals surface area contributed by atoms with E-state index in [-0.39, 0.29) is 0 Å². The molecule has 4 aromatic carbocycles. The average molecular weight is 593 g/mol. The summed E-state index contributed by atoms with van der Waals surface area (Å²) in [6, 6.07) is 33.1. The fraction of sp³-hybridized carbons (Fsp3) is 0.268. The third kappa shape index (κ3) is 4.66. The van der Waals surface area contributed by atoms with E-state index in [1.165, 1.54) is 44.5 Å². The first-order valence-electron chi connectivity index (χ1n) is 16.2. The summed E-state index contributed by atoms with van der Waals surface area (Å²) in [6.45, 7) is 15.8. The van der Waals surface area contributed by atoms with Gasteiger partial charge in [0.1, 0.15) is 11.3 Å². The molecule has 0 saturated carbocycles. The summed E-state index contributed by atoms with van der Waals surface area (Å²) in [5.74, 6) is 2.05. The first-order chi connectivity index (χ1) is 21.7. The minimum Gasteiger partial charge on any atom is -0.437 e. The van der Waals surface area contributed by atoms with Crippen LogP contribution in [0.4, 0.5) is 0 Å². The molecule has 0 spiro atoms.